The van der Waals surface area contributed by atoms with Crippen LogP contribution in [0.3, 0.4) is 0 Å². The molecule has 0 amide bonds. The molecule has 0 saturated carbocycles. The van der Waals surface area contributed by atoms with E-state index in [2.05, 4.69) is 9.72 Å². The molecule has 0 aliphatic rings. The standard InChI is InChI=1S/C9H8F3NO2/c1-2-15-9(14)5-3-6(10)7(8(11)12)13-4-5/h3-4,8H,2H2,1H3. The fourth-order valence-electron chi connectivity index (χ4n) is 0.935. The molecule has 0 radical (unpaired) electrons. The van der Waals surface area contributed by atoms with Gasteiger partial charge in [0.05, 0.1) is 12.2 Å². The Morgan fingerprint density at radius 1 is 1.60 bits per heavy atom. The van der Waals surface area contributed by atoms with Crippen LogP contribution in [0.1, 0.15) is 29.4 Å². The number of carbonyl (C=O) groups is 1. The smallest absolute Gasteiger partial charge is 0.339 e. The maximum atomic E-state index is 13.0. The molecular formula is C9H8F3NO2. The first-order valence-electron chi connectivity index (χ1n) is 4.17. The largest absolute Gasteiger partial charge is 0.462 e. The molecule has 0 aliphatic heterocycles. The van der Waals surface area contributed by atoms with Crippen molar-refractivity contribution < 1.29 is 22.7 Å². The maximum absolute atomic E-state index is 13.0. The van der Waals surface area contributed by atoms with Gasteiger partial charge in [-0.3, -0.25) is 4.98 Å². The molecule has 0 aromatic carbocycles. The lowest BCUT2D eigenvalue weighted by Crippen LogP contribution is -2.07. The second kappa shape index (κ2) is 4.77. The zero-order valence-electron chi connectivity index (χ0n) is 7.84. The fourth-order valence-corrected chi connectivity index (χ4v) is 0.935. The third kappa shape index (κ3) is 2.68. The molecular weight excluding hydrogens is 211 g/mol. The molecule has 1 aromatic heterocycles. The van der Waals surface area contributed by atoms with Crippen LogP contribution < -0.4 is 0 Å². The minimum absolute atomic E-state index is 0.122. The van der Waals surface area contributed by atoms with Crippen LogP contribution in [-0.4, -0.2) is 17.6 Å². The molecule has 0 bridgehead atoms. The number of nitrogens with zero attached hydrogens (tertiary/aromatic N) is 1. The molecule has 1 aromatic rings. The summed E-state index contributed by atoms with van der Waals surface area (Å²) >= 11 is 0. The van der Waals surface area contributed by atoms with Crippen molar-refractivity contribution in [2.24, 2.45) is 0 Å². The summed E-state index contributed by atoms with van der Waals surface area (Å²) in [6.45, 7) is 1.70. The van der Waals surface area contributed by atoms with Crippen LogP contribution >= 0.6 is 0 Å². The number of alkyl halides is 2. The molecule has 3 nitrogen and oxygen atoms in total. The summed E-state index contributed by atoms with van der Waals surface area (Å²) < 4.78 is 41.7. The number of ether oxygens (including phenoxy) is 1. The van der Waals surface area contributed by atoms with E-state index in [9.17, 15) is 18.0 Å². The monoisotopic (exact) mass is 219 g/mol. The molecule has 15 heavy (non-hydrogen) atoms. The summed E-state index contributed by atoms with van der Waals surface area (Å²) in [5.41, 5.74) is -1.15. The quantitative estimate of drug-likeness (QED) is 0.732. The molecule has 0 spiro atoms. The van der Waals surface area contributed by atoms with Gasteiger partial charge in [0.15, 0.2) is 5.82 Å². The van der Waals surface area contributed by atoms with Gasteiger partial charge in [0, 0.05) is 6.20 Å². The highest BCUT2D eigenvalue weighted by Crippen LogP contribution is 2.20. The Morgan fingerprint density at radius 2 is 2.27 bits per heavy atom. The average molecular weight is 219 g/mol. The van der Waals surface area contributed by atoms with Crippen molar-refractivity contribution in [3.05, 3.63) is 29.3 Å². The number of rotatable bonds is 3. The number of hydrogen-bond donors (Lipinski definition) is 0. The molecule has 0 unspecified atom stereocenters. The van der Waals surface area contributed by atoms with Crippen molar-refractivity contribution in [2.45, 2.75) is 13.3 Å². The average Bonchev–Trinajstić information content (AvgIpc) is 2.17. The molecule has 0 atom stereocenters. The minimum Gasteiger partial charge on any atom is -0.462 e. The van der Waals surface area contributed by atoms with Crippen molar-refractivity contribution in [1.29, 1.82) is 0 Å². The lowest BCUT2D eigenvalue weighted by atomic mass is 10.2. The normalized spacial score (nSPS) is 10.5. The summed E-state index contributed by atoms with van der Waals surface area (Å²) in [5.74, 6) is -2.00. The van der Waals surface area contributed by atoms with Crippen LogP contribution in [0.25, 0.3) is 0 Å². The molecule has 1 heterocycles. The third-order valence-electron chi connectivity index (χ3n) is 1.59. The zero-order chi connectivity index (χ0) is 11.4. The highest BCUT2D eigenvalue weighted by molar-refractivity contribution is 5.89. The minimum atomic E-state index is -3.00. The first-order valence-corrected chi connectivity index (χ1v) is 4.17. The van der Waals surface area contributed by atoms with Gasteiger partial charge in [-0.1, -0.05) is 0 Å². The van der Waals surface area contributed by atoms with Crippen molar-refractivity contribution in [3.63, 3.8) is 0 Å². The first kappa shape index (κ1) is 11.5. The van der Waals surface area contributed by atoms with Gasteiger partial charge in [-0.25, -0.2) is 18.0 Å². The van der Waals surface area contributed by atoms with Gasteiger partial charge in [-0.05, 0) is 13.0 Å². The van der Waals surface area contributed by atoms with Gasteiger partial charge >= 0.3 is 5.97 Å². The van der Waals surface area contributed by atoms with Crippen LogP contribution in [0.5, 0.6) is 0 Å². The van der Waals surface area contributed by atoms with E-state index in [0.29, 0.717) is 6.07 Å². The number of carbonyl (C=O) groups excluding carboxylic acids is 1. The highest BCUT2D eigenvalue weighted by Gasteiger charge is 2.17. The zero-order valence-corrected chi connectivity index (χ0v) is 7.84. The van der Waals surface area contributed by atoms with Crippen LogP contribution in [0.4, 0.5) is 13.2 Å². The third-order valence-corrected chi connectivity index (χ3v) is 1.59. The number of pyridine rings is 1. The van der Waals surface area contributed by atoms with Crippen LogP contribution in [0.2, 0.25) is 0 Å². The Morgan fingerprint density at radius 3 is 2.73 bits per heavy atom. The predicted molar refractivity (Wildman–Crippen MR) is 45.1 cm³/mol. The van der Waals surface area contributed by atoms with Crippen LogP contribution in [0, 0.1) is 5.82 Å². The Kier molecular flexibility index (Phi) is 3.65. The van der Waals surface area contributed by atoms with Gasteiger partial charge in [-0.15, -0.1) is 0 Å². The molecule has 6 heteroatoms. The second-order valence-corrected chi connectivity index (χ2v) is 2.61. The SMILES string of the molecule is CCOC(=O)c1cnc(C(F)F)c(F)c1. The molecule has 1 rings (SSSR count). The number of aromatic nitrogens is 1. The van der Waals surface area contributed by atoms with Gasteiger partial charge < -0.3 is 4.74 Å². The topological polar surface area (TPSA) is 39.2 Å². The Balaban J connectivity index is 2.96. The van der Waals surface area contributed by atoms with Gasteiger partial charge in [0.2, 0.25) is 0 Å². The van der Waals surface area contributed by atoms with Crippen molar-refractivity contribution in [2.75, 3.05) is 6.61 Å². The van der Waals surface area contributed by atoms with Gasteiger partial charge in [0.25, 0.3) is 6.43 Å². The van der Waals surface area contributed by atoms with E-state index in [1.54, 1.807) is 6.92 Å². The number of esters is 1. The van der Waals surface area contributed by atoms with Crippen molar-refractivity contribution in [3.8, 4) is 0 Å². The molecule has 0 N–H and O–H groups in total. The Hall–Kier alpha value is -1.59. The van der Waals surface area contributed by atoms with Crippen molar-refractivity contribution >= 4 is 5.97 Å². The van der Waals surface area contributed by atoms with Crippen molar-refractivity contribution in [1.82, 2.24) is 4.98 Å². The summed E-state index contributed by atoms with van der Waals surface area (Å²) in [4.78, 5) is 14.2. The van der Waals surface area contributed by atoms with E-state index in [1.165, 1.54) is 0 Å². The lowest BCUT2D eigenvalue weighted by molar-refractivity contribution is 0.0524. The molecule has 0 aliphatic carbocycles. The Bertz CT molecular complexity index is 368. The summed E-state index contributed by atoms with van der Waals surface area (Å²) in [6.07, 6.45) is -2.14. The Labute approximate surface area is 83.9 Å². The van der Waals surface area contributed by atoms with E-state index in [-0.39, 0.29) is 12.2 Å². The lowest BCUT2D eigenvalue weighted by Gasteiger charge is -2.04. The molecule has 82 valence electrons. The van der Waals surface area contributed by atoms with E-state index < -0.39 is 23.9 Å². The van der Waals surface area contributed by atoms with Crippen LogP contribution in [-0.2, 0) is 4.74 Å². The van der Waals surface area contributed by atoms with E-state index in [1.807, 2.05) is 0 Å². The van der Waals surface area contributed by atoms with Gasteiger partial charge in [-0.2, -0.15) is 0 Å². The van der Waals surface area contributed by atoms with Crippen LogP contribution in [0.15, 0.2) is 12.3 Å². The maximum Gasteiger partial charge on any atom is 0.339 e. The first-order chi connectivity index (χ1) is 7.06. The highest BCUT2D eigenvalue weighted by atomic mass is 19.3. The number of hydrogen-bond acceptors (Lipinski definition) is 3. The molecule has 0 saturated heterocycles. The summed E-state index contributed by atoms with van der Waals surface area (Å²) in [7, 11) is 0. The van der Waals surface area contributed by atoms with E-state index >= 15 is 0 Å². The fraction of sp³-hybridized carbons (Fsp3) is 0.333. The number of halogens is 3. The predicted octanol–water partition coefficient (Wildman–Crippen LogP) is 2.34. The second-order valence-electron chi connectivity index (χ2n) is 2.61. The summed E-state index contributed by atoms with van der Waals surface area (Å²) in [5, 5.41) is 0. The summed E-state index contributed by atoms with van der Waals surface area (Å²) in [6, 6.07) is 0.687. The molecule has 0 fully saturated rings. The van der Waals surface area contributed by atoms with E-state index in [4.69, 9.17) is 0 Å². The van der Waals surface area contributed by atoms with Gasteiger partial charge in [0.1, 0.15) is 5.69 Å². The van der Waals surface area contributed by atoms with E-state index in [0.717, 1.165) is 6.20 Å².